The van der Waals surface area contributed by atoms with Crippen molar-refractivity contribution in [2.24, 2.45) is 7.05 Å². The summed E-state index contributed by atoms with van der Waals surface area (Å²) in [4.78, 5) is 24.4. The molecule has 7 nitrogen and oxygen atoms in total. The van der Waals surface area contributed by atoms with Gasteiger partial charge in [-0.05, 0) is 20.8 Å². The van der Waals surface area contributed by atoms with Gasteiger partial charge in [0.25, 0.3) is 0 Å². The maximum absolute atomic E-state index is 12.0. The monoisotopic (exact) mass is 254 g/mol. The normalized spacial score (nSPS) is 11.1. The van der Waals surface area contributed by atoms with Crippen molar-refractivity contribution in [2.45, 2.75) is 26.3 Å². The molecule has 100 valence electrons. The number of rotatable bonds is 4. The molecule has 0 bridgehead atoms. The van der Waals surface area contributed by atoms with Gasteiger partial charge in [0.1, 0.15) is 5.54 Å². The predicted octanol–water partition coefficient (Wildman–Crippen LogP) is 1.14. The fourth-order valence-electron chi connectivity index (χ4n) is 1.57. The van der Waals surface area contributed by atoms with Crippen LogP contribution in [-0.2, 0) is 11.8 Å². The molecule has 0 saturated heterocycles. The molecule has 0 saturated carbocycles. The zero-order valence-electron chi connectivity index (χ0n) is 11.0. The lowest BCUT2D eigenvalue weighted by molar-refractivity contribution is -0.147. The number of carboxylic acid groups (broad SMARTS) is 1. The number of anilines is 1. The summed E-state index contributed by atoms with van der Waals surface area (Å²) in [6.07, 6.45) is 1.69. The molecule has 0 unspecified atom stereocenters. The van der Waals surface area contributed by atoms with Crippen molar-refractivity contribution in [1.29, 1.82) is 0 Å². The first kappa shape index (κ1) is 14.0. The third-order valence-electron chi connectivity index (χ3n) is 2.71. The van der Waals surface area contributed by atoms with Crippen LogP contribution in [0.15, 0.2) is 12.3 Å². The Morgan fingerprint density at radius 3 is 2.56 bits per heavy atom. The van der Waals surface area contributed by atoms with Gasteiger partial charge in [0.2, 0.25) is 0 Å². The van der Waals surface area contributed by atoms with Crippen LogP contribution >= 0.6 is 0 Å². The lowest BCUT2D eigenvalue weighted by Crippen LogP contribution is -2.54. The quantitative estimate of drug-likeness (QED) is 0.843. The average molecular weight is 254 g/mol. The van der Waals surface area contributed by atoms with E-state index in [0.717, 1.165) is 0 Å². The molecule has 0 radical (unpaired) electrons. The van der Waals surface area contributed by atoms with Crippen molar-refractivity contribution in [2.75, 3.05) is 11.9 Å². The first-order chi connectivity index (χ1) is 8.28. The number of carbonyl (C=O) groups excluding carboxylic acids is 1. The van der Waals surface area contributed by atoms with Crippen molar-refractivity contribution in [1.82, 2.24) is 14.7 Å². The molecule has 2 amide bonds. The van der Waals surface area contributed by atoms with E-state index in [4.69, 9.17) is 5.11 Å². The predicted molar refractivity (Wildman–Crippen MR) is 66.3 cm³/mol. The van der Waals surface area contributed by atoms with E-state index >= 15 is 0 Å². The summed E-state index contributed by atoms with van der Waals surface area (Å²) in [7, 11) is 1.73. The maximum atomic E-state index is 12.0. The minimum atomic E-state index is -1.27. The van der Waals surface area contributed by atoms with E-state index in [0.29, 0.717) is 5.82 Å². The molecule has 1 heterocycles. The Morgan fingerprint density at radius 2 is 2.17 bits per heavy atom. The Hall–Kier alpha value is -2.05. The van der Waals surface area contributed by atoms with E-state index in [9.17, 15) is 9.59 Å². The summed E-state index contributed by atoms with van der Waals surface area (Å²) in [5, 5.41) is 15.7. The van der Waals surface area contributed by atoms with Crippen LogP contribution in [0.25, 0.3) is 0 Å². The molecule has 0 aliphatic carbocycles. The third kappa shape index (κ3) is 2.79. The first-order valence-corrected chi connectivity index (χ1v) is 5.60. The fourth-order valence-corrected chi connectivity index (χ4v) is 1.57. The van der Waals surface area contributed by atoms with Crippen LogP contribution in [0, 0.1) is 0 Å². The van der Waals surface area contributed by atoms with Crippen molar-refractivity contribution in [3.8, 4) is 0 Å². The van der Waals surface area contributed by atoms with Gasteiger partial charge in [0, 0.05) is 25.9 Å². The van der Waals surface area contributed by atoms with Crippen LogP contribution in [0.2, 0.25) is 0 Å². The van der Waals surface area contributed by atoms with E-state index in [1.165, 1.54) is 18.7 Å². The highest BCUT2D eigenvalue weighted by Crippen LogP contribution is 2.16. The van der Waals surface area contributed by atoms with Crippen LogP contribution in [0.4, 0.5) is 10.6 Å². The summed E-state index contributed by atoms with van der Waals surface area (Å²) in [6.45, 7) is 4.98. The van der Waals surface area contributed by atoms with Crippen molar-refractivity contribution >= 4 is 17.8 Å². The van der Waals surface area contributed by atoms with E-state index in [1.807, 2.05) is 0 Å². The van der Waals surface area contributed by atoms with Crippen LogP contribution in [0.3, 0.4) is 0 Å². The smallest absolute Gasteiger partial charge is 0.329 e. The number of carboxylic acids is 1. The number of nitrogens with zero attached hydrogens (tertiary/aromatic N) is 3. The number of urea groups is 1. The van der Waals surface area contributed by atoms with Gasteiger partial charge in [-0.25, -0.2) is 9.59 Å². The zero-order chi connectivity index (χ0) is 13.9. The summed E-state index contributed by atoms with van der Waals surface area (Å²) in [5.41, 5.74) is -1.27. The molecule has 0 atom stereocenters. The Labute approximate surface area is 105 Å². The third-order valence-corrected chi connectivity index (χ3v) is 2.71. The summed E-state index contributed by atoms with van der Waals surface area (Å²) < 4.78 is 1.55. The molecular weight excluding hydrogens is 236 g/mol. The molecular formula is C11H18N4O3. The van der Waals surface area contributed by atoms with Gasteiger partial charge in [-0.2, -0.15) is 5.10 Å². The Kier molecular flexibility index (Phi) is 3.95. The Balaban J connectivity index is 2.83. The summed E-state index contributed by atoms with van der Waals surface area (Å²) in [5.74, 6) is -0.664. The summed E-state index contributed by atoms with van der Waals surface area (Å²) in [6, 6.07) is 1.16. The van der Waals surface area contributed by atoms with E-state index in [1.54, 1.807) is 30.9 Å². The molecule has 1 rings (SSSR count). The van der Waals surface area contributed by atoms with Crippen molar-refractivity contribution in [3.05, 3.63) is 12.3 Å². The number of hydrogen-bond acceptors (Lipinski definition) is 3. The minimum Gasteiger partial charge on any atom is -0.480 e. The van der Waals surface area contributed by atoms with Gasteiger partial charge in [-0.1, -0.05) is 0 Å². The van der Waals surface area contributed by atoms with E-state index in [-0.39, 0.29) is 6.54 Å². The molecule has 18 heavy (non-hydrogen) atoms. The molecule has 0 aromatic carbocycles. The van der Waals surface area contributed by atoms with Gasteiger partial charge in [0.05, 0.1) is 0 Å². The van der Waals surface area contributed by atoms with Gasteiger partial charge in [-0.15, -0.1) is 0 Å². The van der Waals surface area contributed by atoms with Crippen LogP contribution in [-0.4, -0.2) is 43.9 Å². The number of hydrogen-bond donors (Lipinski definition) is 2. The number of likely N-dealkylation sites (N-methyl/N-ethyl adjacent to an activating group) is 1. The number of aryl methyl sites for hydroxylation is 1. The van der Waals surface area contributed by atoms with Crippen LogP contribution in [0.5, 0.6) is 0 Å². The molecule has 0 aliphatic rings. The zero-order valence-corrected chi connectivity index (χ0v) is 11.0. The molecule has 0 spiro atoms. The van der Waals surface area contributed by atoms with E-state index in [2.05, 4.69) is 10.4 Å². The van der Waals surface area contributed by atoms with Gasteiger partial charge in [-0.3, -0.25) is 10.00 Å². The SMILES string of the molecule is CCN(C(=O)Nc1ccn(C)n1)C(C)(C)C(=O)O. The first-order valence-electron chi connectivity index (χ1n) is 5.60. The lowest BCUT2D eigenvalue weighted by Gasteiger charge is -2.33. The van der Waals surface area contributed by atoms with E-state index < -0.39 is 17.5 Å². The number of aliphatic carboxylic acids is 1. The highest BCUT2D eigenvalue weighted by Gasteiger charge is 2.37. The van der Waals surface area contributed by atoms with Crippen LogP contribution in [0.1, 0.15) is 20.8 Å². The van der Waals surface area contributed by atoms with Crippen molar-refractivity contribution in [3.63, 3.8) is 0 Å². The largest absolute Gasteiger partial charge is 0.480 e. The standard InChI is InChI=1S/C11H18N4O3/c1-5-15(11(2,3)9(16)17)10(18)12-8-6-7-14(4)13-8/h6-7H,5H2,1-4H3,(H,16,17)(H,12,13,18). The van der Waals surface area contributed by atoms with Gasteiger partial charge < -0.3 is 10.0 Å². The molecule has 0 fully saturated rings. The average Bonchev–Trinajstić information content (AvgIpc) is 2.64. The fraction of sp³-hybridized carbons (Fsp3) is 0.545. The highest BCUT2D eigenvalue weighted by atomic mass is 16.4. The van der Waals surface area contributed by atoms with Gasteiger partial charge >= 0.3 is 12.0 Å². The number of carbonyl (C=O) groups is 2. The maximum Gasteiger partial charge on any atom is 0.329 e. The summed E-state index contributed by atoms with van der Waals surface area (Å²) >= 11 is 0. The molecule has 1 aromatic heterocycles. The Bertz CT molecular complexity index is 453. The second-order valence-corrected chi connectivity index (χ2v) is 4.41. The molecule has 1 aromatic rings. The molecule has 7 heteroatoms. The molecule has 2 N–H and O–H groups in total. The second kappa shape index (κ2) is 5.07. The number of aromatic nitrogens is 2. The van der Waals surface area contributed by atoms with Gasteiger partial charge in [0.15, 0.2) is 5.82 Å². The number of nitrogens with one attached hydrogen (secondary N) is 1. The van der Waals surface area contributed by atoms with Crippen molar-refractivity contribution < 1.29 is 14.7 Å². The highest BCUT2D eigenvalue weighted by molar-refractivity contribution is 5.92. The number of amides is 2. The molecule has 0 aliphatic heterocycles. The van der Waals surface area contributed by atoms with Crippen LogP contribution < -0.4 is 5.32 Å². The lowest BCUT2D eigenvalue weighted by atomic mass is 10.0. The Morgan fingerprint density at radius 1 is 1.56 bits per heavy atom. The second-order valence-electron chi connectivity index (χ2n) is 4.41. The topological polar surface area (TPSA) is 87.5 Å². The minimum absolute atomic E-state index is 0.290.